The van der Waals surface area contributed by atoms with Crippen LogP contribution in [0.1, 0.15) is 28.8 Å². The van der Waals surface area contributed by atoms with E-state index in [9.17, 15) is 9.59 Å². The number of benzene rings is 1. The molecule has 2 aromatic rings. The van der Waals surface area contributed by atoms with Crippen molar-refractivity contribution >= 4 is 40.9 Å². The number of nitrogens with zero attached hydrogens (tertiary/aromatic N) is 4. The number of hydrogen-bond acceptors (Lipinski definition) is 8. The van der Waals surface area contributed by atoms with Crippen molar-refractivity contribution < 1.29 is 14.3 Å². The van der Waals surface area contributed by atoms with Crippen molar-refractivity contribution in [2.24, 2.45) is 27.6 Å². The number of nitrogens with one attached hydrogen (secondary N) is 2. The second-order valence-corrected chi connectivity index (χ2v) is 8.55. The summed E-state index contributed by atoms with van der Waals surface area (Å²) in [5.74, 6) is 6.89. The summed E-state index contributed by atoms with van der Waals surface area (Å²) < 4.78 is 7.41. The number of rotatable bonds is 9. The topological polar surface area (TPSA) is 152 Å². The summed E-state index contributed by atoms with van der Waals surface area (Å²) >= 11 is 1.56. The number of ether oxygens (including phenoxy) is 1. The molecular weight excluding hydrogens is 456 g/mol. The third-order valence-electron chi connectivity index (χ3n) is 5.06. The van der Waals surface area contributed by atoms with Crippen molar-refractivity contribution in [3.05, 3.63) is 46.9 Å². The number of pyridine rings is 1. The Labute approximate surface area is 202 Å². The first-order valence-corrected chi connectivity index (χ1v) is 12.0. The summed E-state index contributed by atoms with van der Waals surface area (Å²) in [6, 6.07) is 6.92. The van der Waals surface area contributed by atoms with Gasteiger partial charge >= 0.3 is 0 Å². The number of aromatic nitrogens is 1. The van der Waals surface area contributed by atoms with E-state index in [2.05, 4.69) is 15.7 Å². The molecular formula is C22H30N8O3S. The van der Waals surface area contributed by atoms with Crippen molar-refractivity contribution in [3.63, 3.8) is 0 Å². The molecule has 0 aliphatic heterocycles. The maximum atomic E-state index is 12.7. The van der Waals surface area contributed by atoms with Crippen LogP contribution in [-0.4, -0.2) is 54.8 Å². The lowest BCUT2D eigenvalue weighted by Crippen LogP contribution is -2.29. The molecule has 0 saturated heterocycles. The third-order valence-corrected chi connectivity index (χ3v) is 5.60. The second-order valence-electron chi connectivity index (χ2n) is 7.72. The van der Waals surface area contributed by atoms with Crippen molar-refractivity contribution in [3.8, 4) is 5.75 Å². The van der Waals surface area contributed by atoms with Gasteiger partial charge in [-0.3, -0.25) is 9.59 Å². The first-order chi connectivity index (χ1) is 16.3. The lowest BCUT2D eigenvalue weighted by molar-refractivity contribution is -0.117. The van der Waals surface area contributed by atoms with Crippen LogP contribution < -0.4 is 32.3 Å². The van der Waals surface area contributed by atoms with Gasteiger partial charge in [0.1, 0.15) is 11.5 Å². The molecule has 3 rings (SSSR count). The van der Waals surface area contributed by atoms with Crippen molar-refractivity contribution in [2.75, 3.05) is 32.8 Å². The van der Waals surface area contributed by atoms with Crippen molar-refractivity contribution in [1.29, 1.82) is 0 Å². The summed E-state index contributed by atoms with van der Waals surface area (Å²) in [5, 5.41) is 11.1. The molecule has 1 heterocycles. The fourth-order valence-corrected chi connectivity index (χ4v) is 3.79. The molecule has 1 saturated carbocycles. The lowest BCUT2D eigenvalue weighted by atomic mass is 10.1. The summed E-state index contributed by atoms with van der Waals surface area (Å²) in [6.45, 7) is 0. The van der Waals surface area contributed by atoms with Gasteiger partial charge in [0.15, 0.2) is 11.6 Å². The highest BCUT2D eigenvalue weighted by atomic mass is 32.2. The highest BCUT2D eigenvalue weighted by Crippen LogP contribution is 2.32. The van der Waals surface area contributed by atoms with Gasteiger partial charge < -0.3 is 25.7 Å². The van der Waals surface area contributed by atoms with E-state index in [-0.39, 0.29) is 23.6 Å². The van der Waals surface area contributed by atoms with Crippen LogP contribution in [0.3, 0.4) is 0 Å². The van der Waals surface area contributed by atoms with Crippen molar-refractivity contribution in [1.82, 2.24) is 15.0 Å². The predicted octanol–water partition coefficient (Wildman–Crippen LogP) is 1.18. The number of amides is 2. The SMILES string of the molecule is CNC(=O)c1cn(CSC)c(NC(=O)C2CC2)cc1=Nc1cccc(/C(N)=N/N(C)N)c1OC. The Morgan fingerprint density at radius 3 is 2.65 bits per heavy atom. The summed E-state index contributed by atoms with van der Waals surface area (Å²) in [7, 11) is 4.60. The van der Waals surface area contributed by atoms with Crippen molar-refractivity contribution in [2.45, 2.75) is 18.7 Å². The minimum absolute atomic E-state index is 0.0291. The monoisotopic (exact) mass is 486 g/mol. The number of hydrazone groups is 1. The number of hydrogen-bond donors (Lipinski definition) is 4. The maximum absolute atomic E-state index is 12.7. The number of nitrogens with two attached hydrogens (primary N) is 2. The van der Waals surface area contributed by atoms with Crippen LogP contribution in [0.25, 0.3) is 0 Å². The molecule has 6 N–H and O–H groups in total. The molecule has 1 aliphatic rings. The van der Waals surface area contributed by atoms with E-state index in [0.717, 1.165) is 18.0 Å². The average Bonchev–Trinajstić information content (AvgIpc) is 3.65. The molecule has 12 heteroatoms. The van der Waals surface area contributed by atoms with Crippen LogP contribution in [0.15, 0.2) is 40.6 Å². The van der Waals surface area contributed by atoms with E-state index >= 15 is 0 Å². The van der Waals surface area contributed by atoms with Gasteiger partial charge in [-0.05, 0) is 31.2 Å². The zero-order chi connectivity index (χ0) is 24.8. The number of methoxy groups -OCH3 is 1. The Balaban J connectivity index is 2.21. The highest BCUT2D eigenvalue weighted by Gasteiger charge is 2.30. The van der Waals surface area contributed by atoms with Crippen LogP contribution in [0.2, 0.25) is 0 Å². The molecule has 34 heavy (non-hydrogen) atoms. The van der Waals surface area contributed by atoms with Crippen LogP contribution >= 0.6 is 11.8 Å². The molecule has 1 aliphatic carbocycles. The van der Waals surface area contributed by atoms with Gasteiger partial charge in [-0.15, -0.1) is 16.9 Å². The molecule has 0 unspecified atom stereocenters. The van der Waals surface area contributed by atoms with Gasteiger partial charge in [0, 0.05) is 32.3 Å². The Bertz CT molecular complexity index is 1170. The van der Waals surface area contributed by atoms with E-state index in [1.54, 1.807) is 56.3 Å². The van der Waals surface area contributed by atoms with E-state index in [4.69, 9.17) is 21.3 Å². The Morgan fingerprint density at radius 1 is 1.32 bits per heavy atom. The smallest absolute Gasteiger partial charge is 0.254 e. The van der Waals surface area contributed by atoms with Crippen LogP contribution in [0.4, 0.5) is 11.5 Å². The molecule has 1 aromatic carbocycles. The molecule has 182 valence electrons. The maximum Gasteiger partial charge on any atom is 0.254 e. The van der Waals surface area contributed by atoms with Gasteiger partial charge in [0.2, 0.25) is 5.91 Å². The first-order valence-electron chi connectivity index (χ1n) is 10.6. The fraction of sp³-hybridized carbons (Fsp3) is 0.364. The van der Waals surface area contributed by atoms with E-state index in [1.165, 1.54) is 7.11 Å². The number of thioether (sulfide) groups is 1. The van der Waals surface area contributed by atoms with E-state index < -0.39 is 0 Å². The summed E-state index contributed by atoms with van der Waals surface area (Å²) in [5.41, 5.74) is 7.37. The standard InChI is InChI=1S/C22H30N8O3S/c1-25-22(32)15-11-30(12-34-4)18(27-21(31)13-8-9-13)10-17(15)26-16-7-5-6-14(19(16)33-3)20(23)28-29(2)24/h5-7,10-11,13H,8-9,12,24H2,1-4H3,(H2,23,28)(H,25,32)(H,27,31). The Hall–Kier alpha value is -3.51. The predicted molar refractivity (Wildman–Crippen MR) is 134 cm³/mol. The molecule has 0 spiro atoms. The number of para-hydroxylation sites is 1. The Morgan fingerprint density at radius 2 is 2.06 bits per heavy atom. The van der Waals surface area contributed by atoms with Gasteiger partial charge in [-0.2, -0.15) is 0 Å². The van der Waals surface area contributed by atoms with Crippen LogP contribution in [-0.2, 0) is 10.7 Å². The minimum atomic E-state index is -0.311. The van der Waals surface area contributed by atoms with Gasteiger partial charge in [0.25, 0.3) is 5.91 Å². The van der Waals surface area contributed by atoms with Gasteiger partial charge in [-0.25, -0.2) is 16.0 Å². The highest BCUT2D eigenvalue weighted by molar-refractivity contribution is 7.97. The fourth-order valence-electron chi connectivity index (χ4n) is 3.29. The largest absolute Gasteiger partial charge is 0.494 e. The molecule has 1 aromatic heterocycles. The number of hydrazine groups is 1. The molecule has 0 atom stereocenters. The number of carbonyl (C=O) groups excluding carboxylic acids is 2. The zero-order valence-electron chi connectivity index (χ0n) is 19.7. The molecule has 0 bridgehead atoms. The quantitative estimate of drug-likeness (QED) is 0.180. The average molecular weight is 487 g/mol. The third kappa shape index (κ3) is 5.88. The van der Waals surface area contributed by atoms with Crippen LogP contribution in [0.5, 0.6) is 5.75 Å². The summed E-state index contributed by atoms with van der Waals surface area (Å²) in [4.78, 5) is 29.9. The Kier molecular flexibility index (Phi) is 8.18. The molecule has 11 nitrogen and oxygen atoms in total. The second kappa shape index (κ2) is 11.1. The number of anilines is 1. The minimum Gasteiger partial charge on any atom is -0.494 e. The summed E-state index contributed by atoms with van der Waals surface area (Å²) in [6.07, 6.45) is 5.39. The normalized spacial score (nSPS) is 14.0. The molecule has 0 radical (unpaired) electrons. The van der Waals surface area contributed by atoms with Gasteiger partial charge in [0.05, 0.1) is 29.5 Å². The van der Waals surface area contributed by atoms with E-state index in [1.807, 2.05) is 10.8 Å². The van der Waals surface area contributed by atoms with E-state index in [0.29, 0.717) is 39.6 Å². The zero-order valence-corrected chi connectivity index (χ0v) is 20.5. The molecule has 1 fully saturated rings. The number of carbonyl (C=O) groups is 2. The first kappa shape index (κ1) is 25.1. The van der Waals surface area contributed by atoms with Crippen LogP contribution in [0, 0.1) is 5.92 Å². The molecule has 2 amide bonds. The number of amidine groups is 1. The van der Waals surface area contributed by atoms with Gasteiger partial charge in [-0.1, -0.05) is 6.07 Å². The lowest BCUT2D eigenvalue weighted by Gasteiger charge is -2.16.